The fraction of sp³-hybridized carbons (Fsp3) is 0.150. The molecule has 11 heteroatoms. The Hall–Kier alpha value is -3.31. The lowest BCUT2D eigenvalue weighted by molar-refractivity contribution is -0.146. The van der Waals surface area contributed by atoms with Gasteiger partial charge in [-0.1, -0.05) is 30.3 Å². The first-order valence-electron chi connectivity index (χ1n) is 9.02. The van der Waals surface area contributed by atoms with Gasteiger partial charge in [-0.3, -0.25) is 9.97 Å². The van der Waals surface area contributed by atoms with Crippen LogP contribution in [0.2, 0.25) is 0 Å². The third kappa shape index (κ3) is 4.01. The quantitative estimate of drug-likeness (QED) is 0.516. The maximum atomic E-state index is 13.8. The van der Waals surface area contributed by atoms with E-state index in [1.807, 2.05) is 6.07 Å². The van der Waals surface area contributed by atoms with Crippen molar-refractivity contribution in [3.05, 3.63) is 72.1 Å². The van der Waals surface area contributed by atoms with Crippen LogP contribution >= 0.6 is 0 Å². The zero-order valence-electron chi connectivity index (χ0n) is 16.1. The summed E-state index contributed by atoms with van der Waals surface area (Å²) in [6, 6.07) is 11.5. The minimum atomic E-state index is -4.72. The zero-order chi connectivity index (χ0) is 22.4. The van der Waals surface area contributed by atoms with E-state index < -0.39 is 22.0 Å². The fourth-order valence-electron chi connectivity index (χ4n) is 3.37. The van der Waals surface area contributed by atoms with Gasteiger partial charge >= 0.3 is 6.18 Å². The molecule has 0 bridgehead atoms. The van der Waals surface area contributed by atoms with Crippen molar-refractivity contribution in [1.29, 1.82) is 0 Å². The van der Waals surface area contributed by atoms with Crippen LogP contribution in [0, 0.1) is 6.92 Å². The van der Waals surface area contributed by atoms with Gasteiger partial charge in [-0.25, -0.2) is 18.5 Å². The van der Waals surface area contributed by atoms with Gasteiger partial charge in [-0.2, -0.15) is 13.2 Å². The van der Waals surface area contributed by atoms with Gasteiger partial charge in [-0.05, 0) is 24.6 Å². The van der Waals surface area contributed by atoms with Crippen LogP contribution in [0.5, 0.6) is 0 Å². The molecule has 0 unspecified atom stereocenters. The molecule has 1 aromatic carbocycles. The summed E-state index contributed by atoms with van der Waals surface area (Å²) in [6.07, 6.45) is -2.40. The van der Waals surface area contributed by atoms with Crippen LogP contribution in [0.3, 0.4) is 0 Å². The van der Waals surface area contributed by atoms with Gasteiger partial charge in [0, 0.05) is 17.5 Å². The van der Waals surface area contributed by atoms with Gasteiger partial charge in [0.25, 0.3) is 0 Å². The number of alkyl halides is 3. The Labute approximate surface area is 175 Å². The molecule has 2 N–H and O–H groups in total. The SMILES string of the molecule is Cc1ncc2nc(C(F)(F)F)n(Cc3ccc(S(N)(=O)=O)cn3)c2c1-c1ccccc1. The van der Waals surface area contributed by atoms with Gasteiger partial charge in [0.1, 0.15) is 10.4 Å². The smallest absolute Gasteiger partial charge is 0.314 e. The van der Waals surface area contributed by atoms with Crippen LogP contribution in [0.1, 0.15) is 17.2 Å². The first kappa shape index (κ1) is 20.9. The molecule has 0 aliphatic heterocycles. The molecule has 3 heterocycles. The predicted molar refractivity (Wildman–Crippen MR) is 107 cm³/mol. The number of fused-ring (bicyclic) bond motifs is 1. The Morgan fingerprint density at radius 3 is 2.32 bits per heavy atom. The maximum Gasteiger partial charge on any atom is 0.449 e. The molecule has 0 aliphatic rings. The first-order valence-corrected chi connectivity index (χ1v) is 10.6. The van der Waals surface area contributed by atoms with Gasteiger partial charge in [-0.15, -0.1) is 0 Å². The number of hydrogen-bond acceptors (Lipinski definition) is 5. The molecule has 0 saturated heterocycles. The highest BCUT2D eigenvalue weighted by molar-refractivity contribution is 7.89. The van der Waals surface area contributed by atoms with Crippen molar-refractivity contribution in [3.63, 3.8) is 0 Å². The molecule has 31 heavy (non-hydrogen) atoms. The Bertz CT molecular complexity index is 1370. The van der Waals surface area contributed by atoms with E-state index in [0.29, 0.717) is 16.8 Å². The number of aromatic nitrogens is 4. The van der Waals surface area contributed by atoms with E-state index in [2.05, 4.69) is 15.0 Å². The average molecular weight is 447 g/mol. The topological polar surface area (TPSA) is 104 Å². The van der Waals surface area contributed by atoms with E-state index in [0.717, 1.165) is 10.8 Å². The molecule has 3 aromatic heterocycles. The predicted octanol–water partition coefficient (Wildman–Crippen LogP) is 3.52. The third-order valence-corrected chi connectivity index (χ3v) is 5.63. The summed E-state index contributed by atoms with van der Waals surface area (Å²) in [6.45, 7) is 1.44. The lowest BCUT2D eigenvalue weighted by Crippen LogP contribution is -2.17. The van der Waals surface area contributed by atoms with E-state index in [1.54, 1.807) is 31.2 Å². The highest BCUT2D eigenvalue weighted by atomic mass is 32.2. The zero-order valence-corrected chi connectivity index (χ0v) is 16.9. The highest BCUT2D eigenvalue weighted by Gasteiger charge is 2.38. The first-order chi connectivity index (χ1) is 14.6. The van der Waals surface area contributed by atoms with E-state index >= 15 is 0 Å². The molecule has 0 atom stereocenters. The second kappa shape index (κ2) is 7.43. The summed E-state index contributed by atoms with van der Waals surface area (Å²) < 4.78 is 65.4. The number of sulfonamides is 1. The summed E-state index contributed by atoms with van der Waals surface area (Å²) in [5.74, 6) is -1.09. The highest BCUT2D eigenvalue weighted by Crippen LogP contribution is 2.37. The number of imidazole rings is 1. The number of rotatable bonds is 4. The summed E-state index contributed by atoms with van der Waals surface area (Å²) in [5.41, 5.74) is 2.35. The van der Waals surface area contributed by atoms with Crippen molar-refractivity contribution in [2.45, 2.75) is 24.5 Å². The average Bonchev–Trinajstić information content (AvgIpc) is 3.07. The molecule has 4 aromatic rings. The van der Waals surface area contributed by atoms with Crippen LogP contribution in [0.15, 0.2) is 59.8 Å². The number of hydrogen-bond donors (Lipinski definition) is 1. The maximum absolute atomic E-state index is 13.8. The van der Waals surface area contributed by atoms with Crippen molar-refractivity contribution < 1.29 is 21.6 Å². The lowest BCUT2D eigenvalue weighted by Gasteiger charge is -2.14. The molecule has 0 amide bonds. The van der Waals surface area contributed by atoms with Crippen LogP contribution in [-0.4, -0.2) is 27.9 Å². The van der Waals surface area contributed by atoms with Crippen LogP contribution < -0.4 is 5.14 Å². The second-order valence-electron chi connectivity index (χ2n) is 6.87. The Morgan fingerprint density at radius 2 is 1.74 bits per heavy atom. The number of nitrogens with two attached hydrogens (primary N) is 1. The van der Waals surface area contributed by atoms with E-state index in [9.17, 15) is 21.6 Å². The molecule has 7 nitrogen and oxygen atoms in total. The van der Waals surface area contributed by atoms with Crippen molar-refractivity contribution in [2.24, 2.45) is 5.14 Å². The van der Waals surface area contributed by atoms with Crippen molar-refractivity contribution in [2.75, 3.05) is 0 Å². The molecule has 0 fully saturated rings. The summed E-state index contributed by atoms with van der Waals surface area (Å²) in [5, 5.41) is 5.06. The van der Waals surface area contributed by atoms with E-state index in [-0.39, 0.29) is 28.2 Å². The molecule has 0 spiro atoms. The van der Waals surface area contributed by atoms with Crippen molar-refractivity contribution in [3.8, 4) is 11.1 Å². The number of pyridine rings is 2. The number of nitrogens with zero attached hydrogens (tertiary/aromatic N) is 4. The lowest BCUT2D eigenvalue weighted by atomic mass is 10.0. The number of aryl methyl sites for hydroxylation is 1. The molecule has 0 aliphatic carbocycles. The summed E-state index contributed by atoms with van der Waals surface area (Å²) in [7, 11) is -3.97. The van der Waals surface area contributed by atoms with Crippen molar-refractivity contribution in [1.82, 2.24) is 19.5 Å². The minimum Gasteiger partial charge on any atom is -0.314 e. The monoisotopic (exact) mass is 447 g/mol. The normalized spacial score (nSPS) is 12.4. The number of benzene rings is 1. The standard InChI is InChI=1S/C20H16F3N5O2S/c1-12-17(13-5-3-2-4-6-13)18-16(10-25-12)27-19(20(21,22)23)28(18)11-14-7-8-15(9-26-14)31(24,29)30/h2-10H,11H2,1H3,(H2,24,29,30). The number of primary sulfonamides is 1. The molecule has 0 saturated carbocycles. The molecule has 160 valence electrons. The summed E-state index contributed by atoms with van der Waals surface area (Å²) in [4.78, 5) is 11.8. The van der Waals surface area contributed by atoms with Crippen LogP contribution in [-0.2, 0) is 22.7 Å². The Balaban J connectivity index is 1.95. The van der Waals surface area contributed by atoms with Crippen LogP contribution in [0.4, 0.5) is 13.2 Å². The van der Waals surface area contributed by atoms with Gasteiger partial charge in [0.15, 0.2) is 0 Å². The van der Waals surface area contributed by atoms with E-state index in [1.165, 1.54) is 18.3 Å². The van der Waals surface area contributed by atoms with Gasteiger partial charge < -0.3 is 4.57 Å². The third-order valence-electron chi connectivity index (χ3n) is 4.74. The van der Waals surface area contributed by atoms with Crippen molar-refractivity contribution >= 4 is 21.1 Å². The molecular weight excluding hydrogens is 431 g/mol. The Morgan fingerprint density at radius 1 is 1.03 bits per heavy atom. The second-order valence-corrected chi connectivity index (χ2v) is 8.43. The molecule has 4 rings (SSSR count). The largest absolute Gasteiger partial charge is 0.449 e. The van der Waals surface area contributed by atoms with Gasteiger partial charge in [0.05, 0.1) is 24.0 Å². The van der Waals surface area contributed by atoms with Gasteiger partial charge in [0.2, 0.25) is 15.8 Å². The van der Waals surface area contributed by atoms with Crippen LogP contribution in [0.25, 0.3) is 22.2 Å². The molecule has 0 radical (unpaired) electrons. The molecular formula is C20H16F3N5O2S. The number of halogens is 3. The minimum absolute atomic E-state index is 0.0953. The Kier molecular flexibility index (Phi) is 5.02. The van der Waals surface area contributed by atoms with E-state index in [4.69, 9.17) is 5.14 Å². The fourth-order valence-corrected chi connectivity index (χ4v) is 3.83. The summed E-state index contributed by atoms with van der Waals surface area (Å²) >= 11 is 0.